The van der Waals surface area contributed by atoms with Crippen molar-refractivity contribution in [2.45, 2.75) is 54.5 Å². The van der Waals surface area contributed by atoms with E-state index in [1.807, 2.05) is 0 Å². The van der Waals surface area contributed by atoms with Gasteiger partial charge in [-0.25, -0.2) is 4.57 Å². The van der Waals surface area contributed by atoms with Gasteiger partial charge in [0, 0.05) is 13.8 Å². The van der Waals surface area contributed by atoms with Crippen molar-refractivity contribution in [3.8, 4) is 5.69 Å². The molecule has 0 atom stereocenters. The number of hydrogen-bond donors (Lipinski definition) is 0. The molecule has 0 fully saturated rings. The van der Waals surface area contributed by atoms with Gasteiger partial charge in [0.1, 0.15) is 23.6 Å². The number of imidazole rings is 1. The fourth-order valence-electron chi connectivity index (χ4n) is 3.77. The van der Waals surface area contributed by atoms with E-state index in [0.717, 1.165) is 13.0 Å². The minimum Gasteiger partial charge on any atom is -0.229 e. The van der Waals surface area contributed by atoms with Crippen molar-refractivity contribution in [2.24, 2.45) is 0 Å². The monoisotopic (exact) mass is 333 g/mol. The highest BCUT2D eigenvalue weighted by Crippen LogP contribution is 2.20. The quantitative estimate of drug-likeness (QED) is 0.599. The molecule has 2 nitrogen and oxygen atoms in total. The zero-order chi connectivity index (χ0) is 18.1. The Kier molecular flexibility index (Phi) is 4.80. The van der Waals surface area contributed by atoms with Gasteiger partial charge in [0.15, 0.2) is 0 Å². The van der Waals surface area contributed by atoms with Crippen molar-refractivity contribution >= 4 is 0 Å². The SMILES string of the molecule is CCc1ccccc1-n1c[n+](Cc2c(C)cc(C)cc2C)c(C)c1C. The molecule has 2 heteroatoms. The Morgan fingerprint density at radius 2 is 1.56 bits per heavy atom. The van der Waals surface area contributed by atoms with Gasteiger partial charge < -0.3 is 0 Å². The number of hydrogen-bond acceptors (Lipinski definition) is 0. The van der Waals surface area contributed by atoms with Crippen molar-refractivity contribution in [3.05, 3.63) is 81.9 Å². The van der Waals surface area contributed by atoms with E-state index in [0.29, 0.717) is 0 Å². The summed E-state index contributed by atoms with van der Waals surface area (Å²) in [6.07, 6.45) is 3.31. The Labute approximate surface area is 151 Å². The van der Waals surface area contributed by atoms with Crippen LogP contribution in [0.15, 0.2) is 42.7 Å². The Morgan fingerprint density at radius 1 is 0.920 bits per heavy atom. The van der Waals surface area contributed by atoms with Gasteiger partial charge in [-0.3, -0.25) is 0 Å². The molecule has 130 valence electrons. The van der Waals surface area contributed by atoms with Crippen LogP contribution in [0.5, 0.6) is 0 Å². The Bertz CT molecular complexity index is 893. The first-order valence-corrected chi connectivity index (χ1v) is 9.15. The number of aromatic nitrogens is 2. The molecular weight excluding hydrogens is 304 g/mol. The van der Waals surface area contributed by atoms with Gasteiger partial charge >= 0.3 is 0 Å². The van der Waals surface area contributed by atoms with E-state index in [1.54, 1.807) is 0 Å². The van der Waals surface area contributed by atoms with Crippen LogP contribution in [0.25, 0.3) is 5.69 Å². The van der Waals surface area contributed by atoms with Crippen LogP contribution in [0, 0.1) is 34.6 Å². The van der Waals surface area contributed by atoms with E-state index in [-0.39, 0.29) is 0 Å². The molecule has 0 aliphatic heterocycles. The van der Waals surface area contributed by atoms with Crippen molar-refractivity contribution in [3.63, 3.8) is 0 Å². The van der Waals surface area contributed by atoms with E-state index in [2.05, 4.69) is 93.4 Å². The minimum absolute atomic E-state index is 0.923. The van der Waals surface area contributed by atoms with E-state index in [1.165, 1.54) is 44.9 Å². The lowest BCUT2D eigenvalue weighted by Gasteiger charge is -2.10. The first-order chi connectivity index (χ1) is 11.9. The number of aryl methyl sites for hydroxylation is 4. The molecular formula is C23H29N2+. The second-order valence-electron chi connectivity index (χ2n) is 7.14. The van der Waals surface area contributed by atoms with E-state index < -0.39 is 0 Å². The van der Waals surface area contributed by atoms with Gasteiger partial charge in [-0.05, 0) is 55.5 Å². The van der Waals surface area contributed by atoms with Crippen LogP contribution < -0.4 is 4.57 Å². The average molecular weight is 333 g/mol. The molecule has 0 aliphatic carbocycles. The van der Waals surface area contributed by atoms with Crippen LogP contribution in [0.2, 0.25) is 0 Å². The first kappa shape index (κ1) is 17.5. The molecule has 0 radical (unpaired) electrons. The molecule has 0 N–H and O–H groups in total. The molecule has 25 heavy (non-hydrogen) atoms. The summed E-state index contributed by atoms with van der Waals surface area (Å²) in [5.41, 5.74) is 10.8. The Morgan fingerprint density at radius 3 is 2.20 bits per heavy atom. The third-order valence-corrected chi connectivity index (χ3v) is 5.37. The summed E-state index contributed by atoms with van der Waals surface area (Å²) in [6, 6.07) is 13.3. The predicted octanol–water partition coefficient (Wildman–Crippen LogP) is 4.92. The molecule has 3 aromatic rings. The molecule has 0 aliphatic rings. The van der Waals surface area contributed by atoms with Crippen LogP contribution in [-0.2, 0) is 13.0 Å². The van der Waals surface area contributed by atoms with Crippen molar-refractivity contribution < 1.29 is 4.57 Å². The molecule has 2 aromatic carbocycles. The molecule has 1 aromatic heterocycles. The van der Waals surface area contributed by atoms with Gasteiger partial charge in [-0.2, -0.15) is 4.57 Å². The van der Waals surface area contributed by atoms with E-state index >= 15 is 0 Å². The molecule has 0 saturated carbocycles. The summed E-state index contributed by atoms with van der Waals surface area (Å²) in [7, 11) is 0. The van der Waals surface area contributed by atoms with E-state index in [4.69, 9.17) is 0 Å². The Balaban J connectivity index is 2.06. The number of para-hydroxylation sites is 1. The highest BCUT2D eigenvalue weighted by Gasteiger charge is 2.20. The standard InChI is InChI=1S/C23H29N2/c1-7-21-10-8-9-11-23(21)25-15-24(19(5)20(25)6)14-22-17(3)12-16(2)13-18(22)4/h8-13,15H,7,14H2,1-6H3/q+1. The summed E-state index contributed by atoms with van der Waals surface area (Å²) in [4.78, 5) is 0. The highest BCUT2D eigenvalue weighted by atomic mass is 15.1. The normalized spacial score (nSPS) is 11.1. The van der Waals surface area contributed by atoms with Gasteiger partial charge in [0.25, 0.3) is 0 Å². The van der Waals surface area contributed by atoms with Crippen molar-refractivity contribution in [2.75, 3.05) is 0 Å². The summed E-state index contributed by atoms with van der Waals surface area (Å²) >= 11 is 0. The van der Waals surface area contributed by atoms with Crippen LogP contribution in [0.3, 0.4) is 0 Å². The van der Waals surface area contributed by atoms with E-state index in [9.17, 15) is 0 Å². The maximum absolute atomic E-state index is 2.38. The maximum atomic E-state index is 2.38. The fourth-order valence-corrected chi connectivity index (χ4v) is 3.77. The molecule has 0 spiro atoms. The van der Waals surface area contributed by atoms with Crippen molar-refractivity contribution in [1.29, 1.82) is 0 Å². The average Bonchev–Trinajstić information content (AvgIpc) is 2.86. The zero-order valence-electron chi connectivity index (χ0n) is 16.4. The Hall–Kier alpha value is -2.35. The maximum Gasteiger partial charge on any atom is 0.249 e. The lowest BCUT2D eigenvalue weighted by Crippen LogP contribution is -2.36. The minimum atomic E-state index is 0.923. The first-order valence-electron chi connectivity index (χ1n) is 9.15. The molecule has 0 unspecified atom stereocenters. The zero-order valence-corrected chi connectivity index (χ0v) is 16.4. The summed E-state index contributed by atoms with van der Waals surface area (Å²) in [5, 5.41) is 0. The van der Waals surface area contributed by atoms with Gasteiger partial charge in [-0.15, -0.1) is 0 Å². The van der Waals surface area contributed by atoms with Crippen LogP contribution in [0.1, 0.15) is 46.1 Å². The summed E-state index contributed by atoms with van der Waals surface area (Å²) in [6.45, 7) is 14.2. The highest BCUT2D eigenvalue weighted by molar-refractivity contribution is 5.42. The lowest BCUT2D eigenvalue weighted by atomic mass is 10.00. The number of benzene rings is 2. The molecule has 0 saturated heterocycles. The van der Waals surface area contributed by atoms with Crippen LogP contribution in [0.4, 0.5) is 0 Å². The number of nitrogens with zero attached hydrogens (tertiary/aromatic N) is 2. The van der Waals surface area contributed by atoms with Crippen LogP contribution >= 0.6 is 0 Å². The third-order valence-electron chi connectivity index (χ3n) is 5.37. The fraction of sp³-hybridized carbons (Fsp3) is 0.348. The smallest absolute Gasteiger partial charge is 0.229 e. The van der Waals surface area contributed by atoms with Crippen molar-refractivity contribution in [1.82, 2.24) is 4.57 Å². The second kappa shape index (κ2) is 6.87. The topological polar surface area (TPSA) is 8.81 Å². The lowest BCUT2D eigenvalue weighted by molar-refractivity contribution is -0.693. The molecule has 0 bridgehead atoms. The number of rotatable bonds is 4. The molecule has 1 heterocycles. The van der Waals surface area contributed by atoms with Gasteiger partial charge in [-0.1, -0.05) is 42.8 Å². The van der Waals surface area contributed by atoms with Gasteiger partial charge in [0.2, 0.25) is 6.33 Å². The molecule has 3 rings (SSSR count). The second-order valence-corrected chi connectivity index (χ2v) is 7.14. The predicted molar refractivity (Wildman–Crippen MR) is 105 cm³/mol. The summed E-state index contributed by atoms with van der Waals surface area (Å²) in [5.74, 6) is 0. The summed E-state index contributed by atoms with van der Waals surface area (Å²) < 4.78 is 4.72. The molecule has 0 amide bonds. The van der Waals surface area contributed by atoms with Gasteiger partial charge in [0.05, 0.1) is 0 Å². The third kappa shape index (κ3) is 3.26. The largest absolute Gasteiger partial charge is 0.249 e. The van der Waals surface area contributed by atoms with Crippen LogP contribution in [-0.4, -0.2) is 4.57 Å².